The van der Waals surface area contributed by atoms with Crippen LogP contribution in [0.4, 0.5) is 0 Å². The highest BCUT2D eigenvalue weighted by molar-refractivity contribution is 5.79. The summed E-state index contributed by atoms with van der Waals surface area (Å²) in [6.07, 6.45) is 0. The zero-order valence-electron chi connectivity index (χ0n) is 11.5. The van der Waals surface area contributed by atoms with E-state index in [1.54, 1.807) is 0 Å². The lowest BCUT2D eigenvalue weighted by atomic mass is 9.95. The average molecular weight is 245 g/mol. The van der Waals surface area contributed by atoms with E-state index in [1.807, 2.05) is 27.9 Å². The molecule has 0 fully saturated rings. The predicted molar refractivity (Wildman–Crippen MR) is 69.8 cm³/mol. The number of hydrogen-bond donors (Lipinski definition) is 2. The van der Waals surface area contributed by atoms with Crippen molar-refractivity contribution in [2.24, 2.45) is 17.6 Å². The van der Waals surface area contributed by atoms with Crippen LogP contribution in [-0.2, 0) is 9.53 Å². The average Bonchev–Trinajstić information content (AvgIpc) is 2.23. The molecule has 0 aliphatic carbocycles. The molecule has 0 aromatic rings. The Balaban J connectivity index is 3.57. The van der Waals surface area contributed by atoms with Crippen molar-refractivity contribution >= 4 is 5.91 Å². The second-order valence-corrected chi connectivity index (χ2v) is 4.79. The molecule has 0 aromatic carbocycles. The fraction of sp³-hybridized carbons (Fsp3) is 0.917. The molecule has 0 saturated carbocycles. The van der Waals surface area contributed by atoms with Crippen LogP contribution in [-0.4, -0.2) is 57.8 Å². The van der Waals surface area contributed by atoms with Gasteiger partial charge >= 0.3 is 0 Å². The van der Waals surface area contributed by atoms with Crippen LogP contribution < -0.4 is 11.1 Å². The van der Waals surface area contributed by atoms with E-state index in [0.29, 0.717) is 26.3 Å². The Morgan fingerprint density at radius 3 is 2.47 bits per heavy atom. The van der Waals surface area contributed by atoms with Gasteiger partial charge in [-0.1, -0.05) is 13.8 Å². The lowest BCUT2D eigenvalue weighted by Crippen LogP contribution is -2.39. The molecule has 102 valence electrons. The normalized spacial score (nSPS) is 13.1. The first-order valence-electron chi connectivity index (χ1n) is 6.19. The minimum absolute atomic E-state index is 0.0266. The maximum absolute atomic E-state index is 11.7. The van der Waals surface area contributed by atoms with Crippen molar-refractivity contribution in [3.8, 4) is 0 Å². The van der Waals surface area contributed by atoms with Crippen LogP contribution in [0.1, 0.15) is 13.8 Å². The third-order valence-corrected chi connectivity index (χ3v) is 2.62. The van der Waals surface area contributed by atoms with E-state index >= 15 is 0 Å². The van der Waals surface area contributed by atoms with Crippen molar-refractivity contribution in [2.45, 2.75) is 13.8 Å². The smallest absolute Gasteiger partial charge is 0.224 e. The first-order valence-corrected chi connectivity index (χ1v) is 6.19. The van der Waals surface area contributed by atoms with Crippen molar-refractivity contribution in [3.63, 3.8) is 0 Å². The highest BCUT2D eigenvalue weighted by Crippen LogP contribution is 2.08. The van der Waals surface area contributed by atoms with Crippen LogP contribution in [0, 0.1) is 11.8 Å². The third-order valence-electron chi connectivity index (χ3n) is 2.62. The molecule has 0 rings (SSSR count). The van der Waals surface area contributed by atoms with Crippen LogP contribution >= 0.6 is 0 Å². The summed E-state index contributed by atoms with van der Waals surface area (Å²) in [6, 6.07) is 0. The van der Waals surface area contributed by atoms with Crippen LogP contribution in [0.5, 0.6) is 0 Å². The maximum Gasteiger partial charge on any atom is 0.224 e. The summed E-state index contributed by atoms with van der Waals surface area (Å²) < 4.78 is 5.38. The van der Waals surface area contributed by atoms with Crippen LogP contribution in [0.2, 0.25) is 0 Å². The summed E-state index contributed by atoms with van der Waals surface area (Å²) in [5.41, 5.74) is 5.56. The molecular formula is C12H27N3O2. The molecule has 17 heavy (non-hydrogen) atoms. The van der Waals surface area contributed by atoms with Gasteiger partial charge in [-0.25, -0.2) is 0 Å². The molecule has 0 heterocycles. The summed E-state index contributed by atoms with van der Waals surface area (Å²) in [7, 11) is 4.00. The van der Waals surface area contributed by atoms with Gasteiger partial charge in [0.2, 0.25) is 5.91 Å². The van der Waals surface area contributed by atoms with Gasteiger partial charge < -0.3 is 20.7 Å². The first kappa shape index (κ1) is 16.4. The van der Waals surface area contributed by atoms with E-state index < -0.39 is 0 Å². The lowest BCUT2D eigenvalue weighted by molar-refractivity contribution is -0.126. The summed E-state index contributed by atoms with van der Waals surface area (Å²) in [5, 5.41) is 2.85. The van der Waals surface area contributed by atoms with Crippen molar-refractivity contribution < 1.29 is 9.53 Å². The lowest BCUT2D eigenvalue weighted by Gasteiger charge is -2.18. The van der Waals surface area contributed by atoms with E-state index in [2.05, 4.69) is 10.2 Å². The van der Waals surface area contributed by atoms with Gasteiger partial charge in [0.1, 0.15) is 0 Å². The predicted octanol–water partition coefficient (Wildman–Crippen LogP) is -0.0883. The van der Waals surface area contributed by atoms with Gasteiger partial charge in [-0.2, -0.15) is 0 Å². The van der Waals surface area contributed by atoms with Gasteiger partial charge in [0, 0.05) is 19.6 Å². The largest absolute Gasteiger partial charge is 0.378 e. The van der Waals surface area contributed by atoms with Crippen molar-refractivity contribution in [2.75, 3.05) is 46.9 Å². The number of nitrogens with zero attached hydrogens (tertiary/aromatic N) is 1. The Morgan fingerprint density at radius 2 is 2.00 bits per heavy atom. The standard InChI is InChI=1S/C12H27N3O2/c1-10(2)11(9-13)12(16)14-5-7-17-8-6-15(3)4/h10-11H,5-9,13H2,1-4H3,(H,14,16). The molecule has 1 atom stereocenters. The number of likely N-dealkylation sites (N-methyl/N-ethyl adjacent to an activating group) is 1. The zero-order valence-corrected chi connectivity index (χ0v) is 11.5. The molecule has 0 bridgehead atoms. The molecule has 0 aliphatic heterocycles. The van der Waals surface area contributed by atoms with Crippen molar-refractivity contribution in [1.82, 2.24) is 10.2 Å². The van der Waals surface area contributed by atoms with E-state index in [-0.39, 0.29) is 17.7 Å². The Bertz CT molecular complexity index is 208. The highest BCUT2D eigenvalue weighted by atomic mass is 16.5. The topological polar surface area (TPSA) is 67.6 Å². The number of carbonyl (C=O) groups excluding carboxylic acids is 1. The van der Waals surface area contributed by atoms with Crippen LogP contribution in [0.15, 0.2) is 0 Å². The molecule has 5 nitrogen and oxygen atoms in total. The maximum atomic E-state index is 11.7. The number of hydrogen-bond acceptors (Lipinski definition) is 4. The fourth-order valence-corrected chi connectivity index (χ4v) is 1.41. The number of carbonyl (C=O) groups is 1. The number of ether oxygens (including phenoxy) is 1. The van der Waals surface area contributed by atoms with Gasteiger partial charge in [0.05, 0.1) is 19.1 Å². The van der Waals surface area contributed by atoms with Gasteiger partial charge in [-0.05, 0) is 20.0 Å². The fourth-order valence-electron chi connectivity index (χ4n) is 1.41. The van der Waals surface area contributed by atoms with Crippen LogP contribution in [0.25, 0.3) is 0 Å². The van der Waals surface area contributed by atoms with Gasteiger partial charge in [0.15, 0.2) is 0 Å². The molecular weight excluding hydrogens is 218 g/mol. The molecule has 1 amide bonds. The number of rotatable bonds is 9. The molecule has 3 N–H and O–H groups in total. The second-order valence-electron chi connectivity index (χ2n) is 4.79. The van der Waals surface area contributed by atoms with E-state index in [0.717, 1.165) is 6.54 Å². The summed E-state index contributed by atoms with van der Waals surface area (Å²) in [6.45, 7) is 7.09. The van der Waals surface area contributed by atoms with Crippen molar-refractivity contribution in [3.05, 3.63) is 0 Å². The summed E-state index contributed by atoms with van der Waals surface area (Å²) in [4.78, 5) is 13.8. The molecule has 1 unspecified atom stereocenters. The molecule has 0 radical (unpaired) electrons. The minimum atomic E-state index is -0.100. The molecule has 0 spiro atoms. The van der Waals surface area contributed by atoms with Gasteiger partial charge in [-0.15, -0.1) is 0 Å². The van der Waals surface area contributed by atoms with Crippen molar-refractivity contribution in [1.29, 1.82) is 0 Å². The third kappa shape index (κ3) is 8.12. The SMILES string of the molecule is CC(C)C(CN)C(=O)NCCOCCN(C)C. The number of nitrogens with one attached hydrogen (secondary N) is 1. The molecule has 0 saturated heterocycles. The molecule has 0 aliphatic rings. The quantitative estimate of drug-likeness (QED) is 0.557. The zero-order chi connectivity index (χ0) is 13.3. The molecule has 5 heteroatoms. The Kier molecular flexibility index (Phi) is 9.03. The van der Waals surface area contributed by atoms with Crippen LogP contribution in [0.3, 0.4) is 0 Å². The second kappa shape index (κ2) is 9.39. The Hall–Kier alpha value is -0.650. The Morgan fingerprint density at radius 1 is 1.35 bits per heavy atom. The molecule has 0 aromatic heterocycles. The monoisotopic (exact) mass is 245 g/mol. The summed E-state index contributed by atoms with van der Waals surface area (Å²) in [5.74, 6) is 0.199. The number of nitrogens with two attached hydrogens (primary N) is 1. The van der Waals surface area contributed by atoms with E-state index in [4.69, 9.17) is 10.5 Å². The highest BCUT2D eigenvalue weighted by Gasteiger charge is 2.19. The Labute approximate surface area is 105 Å². The first-order chi connectivity index (χ1) is 7.99. The minimum Gasteiger partial charge on any atom is -0.378 e. The van der Waals surface area contributed by atoms with Gasteiger partial charge in [-0.3, -0.25) is 4.79 Å². The van der Waals surface area contributed by atoms with Gasteiger partial charge in [0.25, 0.3) is 0 Å². The number of amides is 1. The summed E-state index contributed by atoms with van der Waals surface area (Å²) >= 11 is 0. The van der Waals surface area contributed by atoms with E-state index in [9.17, 15) is 4.79 Å². The van der Waals surface area contributed by atoms with E-state index in [1.165, 1.54) is 0 Å².